The van der Waals surface area contributed by atoms with Gasteiger partial charge in [-0.1, -0.05) is 91.0 Å². The molecule has 0 amide bonds. The van der Waals surface area contributed by atoms with Gasteiger partial charge in [0.15, 0.2) is 0 Å². The maximum Gasteiger partial charge on any atom is 4.00 e. The molecule has 0 aliphatic heterocycles. The van der Waals surface area contributed by atoms with Gasteiger partial charge in [0.25, 0.3) is 0 Å². The summed E-state index contributed by atoms with van der Waals surface area (Å²) in [5, 5.41) is 4.53. The van der Waals surface area contributed by atoms with Gasteiger partial charge in [0.2, 0.25) is 0 Å². The average molecular weight is 684 g/mol. The molecule has 1 saturated carbocycles. The number of fused-ring (bicyclic) bond motifs is 2. The van der Waals surface area contributed by atoms with Crippen LogP contribution in [0.5, 0.6) is 0 Å². The fourth-order valence-corrected chi connectivity index (χ4v) is 7.43. The van der Waals surface area contributed by atoms with E-state index >= 15 is 0 Å². The molecule has 2 aliphatic carbocycles. The summed E-state index contributed by atoms with van der Waals surface area (Å²) in [6.07, 6.45) is 28.1. The average Bonchev–Trinajstić information content (AvgIpc) is 3.45. The van der Waals surface area contributed by atoms with Gasteiger partial charge in [-0.3, -0.25) is 0 Å². The summed E-state index contributed by atoms with van der Waals surface area (Å²) in [6.45, 7) is 4.61. The Labute approximate surface area is 242 Å². The first-order valence-corrected chi connectivity index (χ1v) is 14.6. The van der Waals surface area contributed by atoms with E-state index in [0.717, 1.165) is 11.8 Å². The van der Waals surface area contributed by atoms with Crippen LogP contribution in [0.1, 0.15) is 78.1 Å². The van der Waals surface area contributed by atoms with E-state index in [0.29, 0.717) is 0 Å². The third-order valence-corrected chi connectivity index (χ3v) is 9.47. The molecule has 2 aliphatic rings. The first kappa shape index (κ1) is 34.2. The number of halogens is 2. The molecule has 1 fully saturated rings. The number of benzene rings is 1. The van der Waals surface area contributed by atoms with Gasteiger partial charge in [-0.15, -0.1) is 52.3 Å². The van der Waals surface area contributed by atoms with Gasteiger partial charge >= 0.3 is 25.8 Å². The van der Waals surface area contributed by atoms with Crippen LogP contribution in [0.4, 0.5) is 0 Å². The first-order chi connectivity index (χ1) is 15.3. The number of hydrogen-bond donors (Lipinski definition) is 0. The van der Waals surface area contributed by atoms with Crippen molar-refractivity contribution in [1.82, 2.24) is 0 Å². The Balaban J connectivity index is 0.000000764. The van der Waals surface area contributed by atoms with E-state index in [2.05, 4.69) is 81.0 Å². The Morgan fingerprint density at radius 2 is 1.50 bits per heavy atom. The normalized spacial score (nSPS) is 17.9. The summed E-state index contributed by atoms with van der Waals surface area (Å²) < 4.78 is 0. The molecule has 186 valence electrons. The molecule has 0 radical (unpaired) electrons. The zero-order valence-electron chi connectivity index (χ0n) is 21.2. The van der Waals surface area contributed by atoms with Crippen LogP contribution in [-0.2, 0) is 25.8 Å². The van der Waals surface area contributed by atoms with Crippen LogP contribution in [0, 0.1) is 18.3 Å². The van der Waals surface area contributed by atoms with E-state index < -0.39 is 0 Å². The van der Waals surface area contributed by atoms with Gasteiger partial charge in [-0.25, -0.2) is 0 Å². The summed E-state index contributed by atoms with van der Waals surface area (Å²) in [5.74, 6) is 1.62. The van der Waals surface area contributed by atoms with Crippen molar-refractivity contribution in [2.24, 2.45) is 11.8 Å². The van der Waals surface area contributed by atoms with Crippen molar-refractivity contribution in [2.75, 3.05) is 12.3 Å². The maximum absolute atomic E-state index is 2.47. The van der Waals surface area contributed by atoms with Crippen LogP contribution in [0.3, 0.4) is 0 Å². The quantitative estimate of drug-likeness (QED) is 0.148. The van der Waals surface area contributed by atoms with Crippen molar-refractivity contribution in [3.8, 4) is 0 Å². The number of rotatable bonds is 11. The van der Waals surface area contributed by atoms with Gasteiger partial charge in [-0.05, 0) is 31.1 Å². The van der Waals surface area contributed by atoms with Gasteiger partial charge in [0.05, 0.1) is 0 Å². The minimum Gasteiger partial charge on any atom is -1.00 e. The largest absolute Gasteiger partial charge is 4.00 e. The molecule has 34 heavy (non-hydrogen) atoms. The zero-order chi connectivity index (χ0) is 21.7. The van der Waals surface area contributed by atoms with Crippen molar-refractivity contribution < 1.29 is 50.7 Å². The summed E-state index contributed by atoms with van der Waals surface area (Å²) >= 11 is 0. The number of hydrogen-bond acceptors (Lipinski definition) is 0. The van der Waals surface area contributed by atoms with Crippen LogP contribution in [-0.4, -0.2) is 12.3 Å². The molecular formula is C30H43Cl2HfP. The van der Waals surface area contributed by atoms with Crippen molar-refractivity contribution >= 4 is 24.0 Å². The summed E-state index contributed by atoms with van der Waals surface area (Å²) in [7, 11) is 0.0642. The number of allylic oxidation sites excluding steroid dienone is 4. The van der Waals surface area contributed by atoms with E-state index in [1.807, 2.05) is 0 Å². The third-order valence-electron chi connectivity index (χ3n) is 6.77. The third kappa shape index (κ3) is 11.5. The SMILES string of the molecule is C1=CC2[CH-]CCC2C=C1.CCCCCCP(CCCCCC)c1cc2ccccc2[cH-]1.[Cl-].[Cl-].[Hf+4]. The monoisotopic (exact) mass is 684 g/mol. The van der Waals surface area contributed by atoms with E-state index in [1.54, 1.807) is 5.30 Å². The van der Waals surface area contributed by atoms with Crippen molar-refractivity contribution in [1.29, 1.82) is 0 Å². The van der Waals surface area contributed by atoms with Crippen molar-refractivity contribution in [2.45, 2.75) is 78.1 Å². The fraction of sp³-hybridized carbons (Fsp3) is 0.533. The number of unbranched alkanes of at least 4 members (excludes halogenated alkanes) is 6. The van der Waals surface area contributed by atoms with E-state index in [1.165, 1.54) is 87.3 Å². The van der Waals surface area contributed by atoms with Crippen molar-refractivity contribution in [3.63, 3.8) is 0 Å². The van der Waals surface area contributed by atoms with E-state index in [4.69, 9.17) is 0 Å². The zero-order valence-corrected chi connectivity index (χ0v) is 27.2. The molecule has 0 N–H and O–H groups in total. The Kier molecular flexibility index (Phi) is 20.4. The Morgan fingerprint density at radius 3 is 2.12 bits per heavy atom. The standard InChI is InChI=1S/C21H32P.C9H11.2ClH.Hf/c1-3-5-7-11-15-22(16-12-8-6-4-2)21-17-19-13-9-10-14-20(19)18-21;1-2-5-9-7-3-6-8(9)4-1;;;/h9-10,13-14,17-18H,3-8,11-12,15-16H2,1-2H3;1-2,4-6,8-9H,3,7H2;2*1H;/q2*-1;;;+4/p-2. The van der Waals surface area contributed by atoms with Gasteiger partial charge < -0.3 is 31.2 Å². The molecule has 4 rings (SSSR count). The van der Waals surface area contributed by atoms with Crippen LogP contribution < -0.4 is 30.1 Å². The van der Waals surface area contributed by atoms with Crippen LogP contribution in [0.2, 0.25) is 0 Å². The second-order valence-electron chi connectivity index (χ2n) is 9.27. The molecule has 0 aromatic heterocycles. The Bertz CT molecular complexity index is 750. The smallest absolute Gasteiger partial charge is 1.00 e. The van der Waals surface area contributed by atoms with Crippen LogP contribution in [0.15, 0.2) is 60.7 Å². The predicted molar refractivity (Wildman–Crippen MR) is 143 cm³/mol. The van der Waals surface area contributed by atoms with Crippen LogP contribution in [0.25, 0.3) is 10.8 Å². The predicted octanol–water partition coefficient (Wildman–Crippen LogP) is 3.17. The van der Waals surface area contributed by atoms with Crippen molar-refractivity contribution in [3.05, 3.63) is 67.1 Å². The van der Waals surface area contributed by atoms with Gasteiger partial charge in [-0.2, -0.15) is 12.5 Å². The molecule has 0 nitrogen and oxygen atoms in total. The molecule has 2 unspecified atom stereocenters. The summed E-state index contributed by atoms with van der Waals surface area (Å²) in [4.78, 5) is 0. The fourth-order valence-electron chi connectivity index (χ4n) is 4.84. The topological polar surface area (TPSA) is 0 Å². The molecule has 2 aromatic carbocycles. The molecule has 2 atom stereocenters. The molecule has 2 aromatic rings. The molecule has 4 heteroatoms. The molecule has 0 saturated heterocycles. The van der Waals surface area contributed by atoms with E-state index in [9.17, 15) is 0 Å². The first-order valence-electron chi connectivity index (χ1n) is 12.9. The Hall–Kier alpha value is 0.190. The minimum atomic E-state index is 0. The minimum absolute atomic E-state index is 0. The molecule has 0 heterocycles. The van der Waals surface area contributed by atoms with E-state index in [-0.39, 0.29) is 58.6 Å². The summed E-state index contributed by atoms with van der Waals surface area (Å²) in [6, 6.07) is 13.8. The Morgan fingerprint density at radius 1 is 0.853 bits per heavy atom. The maximum atomic E-state index is 2.47. The molecular weight excluding hydrogens is 641 g/mol. The second kappa shape index (κ2) is 20.3. The molecule has 0 bridgehead atoms. The van der Waals surface area contributed by atoms with Crippen LogP contribution >= 0.6 is 7.92 Å². The van der Waals surface area contributed by atoms with Gasteiger partial charge in [0, 0.05) is 0 Å². The second-order valence-corrected chi connectivity index (χ2v) is 11.8. The summed E-state index contributed by atoms with van der Waals surface area (Å²) in [5.41, 5.74) is 0. The molecule has 0 spiro atoms. The van der Waals surface area contributed by atoms with Gasteiger partial charge in [0.1, 0.15) is 0 Å².